The minimum atomic E-state index is 0.851. The van der Waals surface area contributed by atoms with E-state index in [2.05, 4.69) is 95.3 Å². The predicted octanol–water partition coefficient (Wildman–Crippen LogP) is 10.6. The minimum Gasteiger partial charge on any atom is -0.255 e. The Morgan fingerprint density at radius 1 is 0.730 bits per heavy atom. The van der Waals surface area contributed by atoms with Crippen molar-refractivity contribution in [3.63, 3.8) is 0 Å². The summed E-state index contributed by atoms with van der Waals surface area (Å²) in [6.07, 6.45) is 14.0. The number of aliphatic imine (C=N–C) groups is 2. The van der Waals surface area contributed by atoms with Crippen molar-refractivity contribution in [1.29, 1.82) is 0 Å². The smallest absolute Gasteiger partial charge is 0.0639 e. The van der Waals surface area contributed by atoms with Crippen molar-refractivity contribution in [1.82, 2.24) is 0 Å². The van der Waals surface area contributed by atoms with Gasteiger partial charge in [0, 0.05) is 6.21 Å². The lowest BCUT2D eigenvalue weighted by Crippen LogP contribution is -1.98. The second-order valence-corrected chi connectivity index (χ2v) is 10.0. The molecule has 0 saturated heterocycles. The van der Waals surface area contributed by atoms with Crippen molar-refractivity contribution in [3.8, 4) is 11.1 Å². The molecule has 2 heteroatoms. The molecular weight excluding hydrogens is 448 g/mol. The van der Waals surface area contributed by atoms with Gasteiger partial charge in [0.2, 0.25) is 0 Å². The largest absolute Gasteiger partial charge is 0.255 e. The first-order chi connectivity index (χ1) is 18.1. The van der Waals surface area contributed by atoms with Gasteiger partial charge in [-0.05, 0) is 96.7 Å². The normalized spacial score (nSPS) is 12.0. The highest BCUT2D eigenvalue weighted by Gasteiger charge is 2.10. The summed E-state index contributed by atoms with van der Waals surface area (Å²) in [5, 5.41) is 0. The van der Waals surface area contributed by atoms with Crippen LogP contribution in [-0.2, 0) is 19.3 Å². The van der Waals surface area contributed by atoms with Crippen LogP contribution in [0.15, 0.2) is 70.6 Å². The summed E-state index contributed by atoms with van der Waals surface area (Å²) in [5.41, 5.74) is 11.2. The van der Waals surface area contributed by atoms with E-state index in [4.69, 9.17) is 9.98 Å². The third kappa shape index (κ3) is 8.52. The SMILES string of the molecule is CCCCCCCCc1cc(N=C(C=Nc2cc(CC)c(CC)c(-c3ccccc3)c2)CC)ccc1C. The Morgan fingerprint density at radius 2 is 1.46 bits per heavy atom. The standard InChI is InChI=1S/C35H46N2/c1-6-10-11-12-13-15-20-30-24-32(22-21-27(30)5)37-31(8-3)26-36-33-23-28(7-2)34(9-4)35(25-33)29-18-16-14-17-19-29/h14,16-19,21-26H,6-13,15,20H2,1-5H3. The number of hydrogen-bond acceptors (Lipinski definition) is 2. The lowest BCUT2D eigenvalue weighted by Gasteiger charge is -2.14. The highest BCUT2D eigenvalue weighted by atomic mass is 14.8. The summed E-state index contributed by atoms with van der Waals surface area (Å²) in [6.45, 7) is 11.1. The van der Waals surface area contributed by atoms with Gasteiger partial charge >= 0.3 is 0 Å². The number of aryl methyl sites for hydroxylation is 3. The molecule has 0 aromatic heterocycles. The summed E-state index contributed by atoms with van der Waals surface area (Å²) < 4.78 is 0. The van der Waals surface area contributed by atoms with E-state index in [0.717, 1.165) is 42.8 Å². The molecule has 0 amide bonds. The van der Waals surface area contributed by atoms with Crippen LogP contribution in [-0.4, -0.2) is 11.9 Å². The molecule has 0 bridgehead atoms. The molecule has 0 atom stereocenters. The summed E-state index contributed by atoms with van der Waals surface area (Å²) in [5.74, 6) is 0. The van der Waals surface area contributed by atoms with E-state index in [1.165, 1.54) is 71.9 Å². The molecule has 0 heterocycles. The van der Waals surface area contributed by atoms with Crippen LogP contribution in [0, 0.1) is 6.92 Å². The fraction of sp³-hybridized carbons (Fsp3) is 0.429. The van der Waals surface area contributed by atoms with Crippen LogP contribution in [0.4, 0.5) is 11.4 Å². The molecular formula is C35H46N2. The summed E-state index contributed by atoms with van der Waals surface area (Å²) >= 11 is 0. The van der Waals surface area contributed by atoms with Crippen LogP contribution in [0.2, 0.25) is 0 Å². The Bertz CT molecular complexity index is 1170. The molecule has 0 radical (unpaired) electrons. The van der Waals surface area contributed by atoms with Crippen molar-refractivity contribution in [3.05, 3.63) is 82.9 Å². The summed E-state index contributed by atoms with van der Waals surface area (Å²) in [7, 11) is 0. The zero-order valence-corrected chi connectivity index (χ0v) is 23.8. The third-order valence-electron chi connectivity index (χ3n) is 7.28. The Balaban J connectivity index is 1.80. The predicted molar refractivity (Wildman–Crippen MR) is 164 cm³/mol. The van der Waals surface area contributed by atoms with Crippen LogP contribution in [0.25, 0.3) is 11.1 Å². The highest BCUT2D eigenvalue weighted by Crippen LogP contribution is 2.32. The van der Waals surface area contributed by atoms with Gasteiger partial charge in [-0.3, -0.25) is 9.98 Å². The Hall–Kier alpha value is -3.00. The molecule has 3 rings (SSSR count). The third-order valence-corrected chi connectivity index (χ3v) is 7.28. The van der Waals surface area contributed by atoms with Crippen LogP contribution in [0.5, 0.6) is 0 Å². The topological polar surface area (TPSA) is 24.7 Å². The van der Waals surface area contributed by atoms with E-state index in [-0.39, 0.29) is 0 Å². The minimum absolute atomic E-state index is 0.851. The highest BCUT2D eigenvalue weighted by molar-refractivity contribution is 6.31. The number of nitrogens with zero attached hydrogens (tertiary/aromatic N) is 2. The van der Waals surface area contributed by atoms with E-state index in [9.17, 15) is 0 Å². The van der Waals surface area contributed by atoms with Crippen molar-refractivity contribution in [2.24, 2.45) is 9.98 Å². The van der Waals surface area contributed by atoms with Crippen molar-refractivity contribution >= 4 is 23.3 Å². The van der Waals surface area contributed by atoms with Gasteiger partial charge in [-0.2, -0.15) is 0 Å². The molecule has 0 unspecified atom stereocenters. The number of rotatable bonds is 14. The second-order valence-electron chi connectivity index (χ2n) is 10.0. The maximum atomic E-state index is 4.99. The molecule has 2 nitrogen and oxygen atoms in total. The summed E-state index contributed by atoms with van der Waals surface area (Å²) in [6, 6.07) is 21.8. The number of benzene rings is 3. The maximum absolute atomic E-state index is 4.99. The van der Waals surface area contributed by atoms with Crippen LogP contribution in [0.1, 0.15) is 94.9 Å². The molecule has 0 aliphatic carbocycles. The lowest BCUT2D eigenvalue weighted by atomic mass is 9.92. The van der Waals surface area contributed by atoms with Crippen LogP contribution >= 0.6 is 0 Å². The molecule has 0 saturated carbocycles. The molecule has 196 valence electrons. The van der Waals surface area contributed by atoms with Crippen LogP contribution in [0.3, 0.4) is 0 Å². The Labute approximate surface area is 226 Å². The van der Waals surface area contributed by atoms with Gasteiger partial charge in [0.05, 0.1) is 17.1 Å². The quantitative estimate of drug-likeness (QED) is 0.157. The van der Waals surface area contributed by atoms with Crippen molar-refractivity contribution in [2.45, 2.75) is 98.8 Å². The van der Waals surface area contributed by atoms with E-state index < -0.39 is 0 Å². The van der Waals surface area contributed by atoms with E-state index >= 15 is 0 Å². The first-order valence-electron chi connectivity index (χ1n) is 14.5. The average Bonchev–Trinajstić information content (AvgIpc) is 2.94. The Kier molecular flexibility index (Phi) is 11.8. The monoisotopic (exact) mass is 494 g/mol. The van der Waals surface area contributed by atoms with Gasteiger partial charge in [0.15, 0.2) is 0 Å². The molecule has 0 spiro atoms. The van der Waals surface area contributed by atoms with Gasteiger partial charge < -0.3 is 0 Å². The average molecular weight is 495 g/mol. The van der Waals surface area contributed by atoms with Crippen LogP contribution < -0.4 is 0 Å². The zero-order valence-electron chi connectivity index (χ0n) is 23.8. The van der Waals surface area contributed by atoms with Gasteiger partial charge in [-0.25, -0.2) is 0 Å². The fourth-order valence-corrected chi connectivity index (χ4v) is 5.00. The first-order valence-corrected chi connectivity index (χ1v) is 14.5. The zero-order chi connectivity index (χ0) is 26.5. The molecule has 0 fully saturated rings. The fourth-order valence-electron chi connectivity index (χ4n) is 5.00. The Morgan fingerprint density at radius 3 is 2.16 bits per heavy atom. The van der Waals surface area contributed by atoms with Crippen molar-refractivity contribution < 1.29 is 0 Å². The second kappa shape index (κ2) is 15.3. The maximum Gasteiger partial charge on any atom is 0.0639 e. The number of unbranched alkanes of at least 4 members (excludes halogenated alkanes) is 5. The number of hydrogen-bond donors (Lipinski definition) is 0. The molecule has 3 aromatic carbocycles. The van der Waals surface area contributed by atoms with E-state index in [1.54, 1.807) is 0 Å². The lowest BCUT2D eigenvalue weighted by molar-refractivity contribution is 0.607. The summed E-state index contributed by atoms with van der Waals surface area (Å²) in [4.78, 5) is 9.90. The molecule has 0 aliphatic heterocycles. The molecule has 37 heavy (non-hydrogen) atoms. The molecule has 0 N–H and O–H groups in total. The van der Waals surface area contributed by atoms with Gasteiger partial charge in [0.1, 0.15) is 0 Å². The first kappa shape index (κ1) is 28.6. The van der Waals surface area contributed by atoms with Gasteiger partial charge in [-0.15, -0.1) is 0 Å². The van der Waals surface area contributed by atoms with Gasteiger partial charge in [-0.1, -0.05) is 96.2 Å². The van der Waals surface area contributed by atoms with Gasteiger partial charge in [0.25, 0.3) is 0 Å². The molecule has 0 aliphatic rings. The van der Waals surface area contributed by atoms with E-state index in [0.29, 0.717) is 0 Å². The van der Waals surface area contributed by atoms with E-state index in [1.807, 2.05) is 6.21 Å². The molecule has 3 aromatic rings. The van der Waals surface area contributed by atoms with Crippen molar-refractivity contribution in [2.75, 3.05) is 0 Å².